The van der Waals surface area contributed by atoms with Gasteiger partial charge in [-0.15, -0.1) is 5.10 Å². The number of methoxy groups -OCH3 is 2. The van der Waals surface area contributed by atoms with Crippen molar-refractivity contribution in [3.63, 3.8) is 0 Å². The lowest BCUT2D eigenvalue weighted by molar-refractivity contribution is 0.0950. The molecule has 1 N–H and O–H groups in total. The maximum Gasteiger partial charge on any atom is 0.251 e. The zero-order valence-electron chi connectivity index (χ0n) is 16.0. The minimum Gasteiger partial charge on any atom is -0.497 e. The van der Waals surface area contributed by atoms with Crippen LogP contribution < -0.4 is 14.8 Å². The quantitative estimate of drug-likeness (QED) is 0.545. The minimum absolute atomic E-state index is 0.206. The van der Waals surface area contributed by atoms with Crippen molar-refractivity contribution < 1.29 is 14.3 Å². The molecule has 0 aliphatic carbocycles. The van der Waals surface area contributed by atoms with Crippen molar-refractivity contribution in [2.75, 3.05) is 14.2 Å². The summed E-state index contributed by atoms with van der Waals surface area (Å²) in [4.78, 5) is 17.0. The molecule has 8 heteroatoms. The molecule has 146 valence electrons. The van der Waals surface area contributed by atoms with E-state index in [1.807, 2.05) is 24.3 Å². The Morgan fingerprint density at radius 2 is 1.97 bits per heavy atom. The molecule has 0 radical (unpaired) electrons. The predicted molar refractivity (Wildman–Crippen MR) is 107 cm³/mol. The van der Waals surface area contributed by atoms with Crippen LogP contribution in [-0.4, -0.2) is 40.1 Å². The maximum absolute atomic E-state index is 12.7. The van der Waals surface area contributed by atoms with E-state index in [1.54, 1.807) is 55.4 Å². The van der Waals surface area contributed by atoms with Crippen LogP contribution in [0.5, 0.6) is 11.5 Å². The van der Waals surface area contributed by atoms with Crippen molar-refractivity contribution in [1.82, 2.24) is 25.3 Å². The fourth-order valence-electron chi connectivity index (χ4n) is 2.99. The average molecular weight is 389 g/mol. The van der Waals surface area contributed by atoms with Gasteiger partial charge in [0, 0.05) is 29.9 Å². The van der Waals surface area contributed by atoms with Crippen LogP contribution >= 0.6 is 0 Å². The molecule has 0 unspecified atom stereocenters. The van der Waals surface area contributed by atoms with Gasteiger partial charge >= 0.3 is 0 Å². The third kappa shape index (κ3) is 3.73. The van der Waals surface area contributed by atoms with Gasteiger partial charge in [0.25, 0.3) is 5.91 Å². The largest absolute Gasteiger partial charge is 0.497 e. The highest BCUT2D eigenvalue weighted by atomic mass is 16.5. The van der Waals surface area contributed by atoms with Crippen molar-refractivity contribution in [2.24, 2.45) is 0 Å². The van der Waals surface area contributed by atoms with Gasteiger partial charge in [0.05, 0.1) is 19.9 Å². The van der Waals surface area contributed by atoms with Gasteiger partial charge in [0.1, 0.15) is 17.0 Å². The Bertz CT molecular complexity index is 1170. The third-order valence-corrected chi connectivity index (χ3v) is 4.50. The number of rotatable bonds is 6. The number of nitrogens with zero attached hydrogens (tertiary/aromatic N) is 4. The van der Waals surface area contributed by atoms with Crippen molar-refractivity contribution in [3.05, 3.63) is 71.9 Å². The molecule has 29 heavy (non-hydrogen) atoms. The van der Waals surface area contributed by atoms with Crippen LogP contribution in [0.15, 0.2) is 60.8 Å². The molecule has 4 aromatic rings. The van der Waals surface area contributed by atoms with Crippen molar-refractivity contribution in [2.45, 2.75) is 6.54 Å². The number of carbonyl (C=O) groups is 1. The smallest absolute Gasteiger partial charge is 0.251 e. The first kappa shape index (κ1) is 18.4. The van der Waals surface area contributed by atoms with E-state index in [9.17, 15) is 4.79 Å². The molecular formula is C21H19N5O3. The fourth-order valence-corrected chi connectivity index (χ4v) is 2.99. The molecule has 2 heterocycles. The third-order valence-electron chi connectivity index (χ3n) is 4.50. The first-order valence-electron chi connectivity index (χ1n) is 8.95. The van der Waals surface area contributed by atoms with Crippen molar-refractivity contribution in [3.8, 4) is 17.2 Å². The SMILES string of the molecule is COc1ccc(CNC(=O)c2cccc(-n3nnc4cccnc43)c2)c(OC)c1. The molecule has 0 atom stereocenters. The number of hydrogen-bond donors (Lipinski definition) is 1. The minimum atomic E-state index is -0.206. The lowest BCUT2D eigenvalue weighted by atomic mass is 10.1. The van der Waals surface area contributed by atoms with E-state index in [4.69, 9.17) is 9.47 Å². The summed E-state index contributed by atoms with van der Waals surface area (Å²) in [7, 11) is 3.18. The number of pyridine rings is 1. The summed E-state index contributed by atoms with van der Waals surface area (Å²) in [6, 6.07) is 16.3. The number of ether oxygens (including phenoxy) is 2. The number of fused-ring (bicyclic) bond motifs is 1. The van der Waals surface area contributed by atoms with Gasteiger partial charge in [0.15, 0.2) is 5.65 Å². The highest BCUT2D eigenvalue weighted by Crippen LogP contribution is 2.24. The monoisotopic (exact) mass is 389 g/mol. The van der Waals surface area contributed by atoms with Crippen LogP contribution in [0.2, 0.25) is 0 Å². The van der Waals surface area contributed by atoms with Gasteiger partial charge in [-0.3, -0.25) is 4.79 Å². The molecule has 0 aliphatic heterocycles. The van der Waals surface area contributed by atoms with Crippen molar-refractivity contribution >= 4 is 17.1 Å². The van der Waals surface area contributed by atoms with E-state index in [0.717, 1.165) is 5.56 Å². The summed E-state index contributed by atoms with van der Waals surface area (Å²) in [5.74, 6) is 1.14. The fraction of sp³-hybridized carbons (Fsp3) is 0.143. The number of benzene rings is 2. The lowest BCUT2D eigenvalue weighted by Crippen LogP contribution is -2.23. The summed E-state index contributed by atoms with van der Waals surface area (Å²) < 4.78 is 12.2. The lowest BCUT2D eigenvalue weighted by Gasteiger charge is -2.12. The second-order valence-electron chi connectivity index (χ2n) is 6.26. The van der Waals surface area contributed by atoms with E-state index in [0.29, 0.717) is 40.5 Å². The maximum atomic E-state index is 12.7. The molecule has 2 aromatic heterocycles. The molecule has 0 spiro atoms. The van der Waals surface area contributed by atoms with Crippen LogP contribution in [0.3, 0.4) is 0 Å². The van der Waals surface area contributed by atoms with Crippen LogP contribution in [0.25, 0.3) is 16.9 Å². The Balaban J connectivity index is 1.54. The molecule has 0 aliphatic rings. The van der Waals surface area contributed by atoms with Crippen LogP contribution in [-0.2, 0) is 6.54 Å². The molecule has 0 saturated carbocycles. The summed E-state index contributed by atoms with van der Waals surface area (Å²) in [5, 5.41) is 11.2. The van der Waals surface area contributed by atoms with E-state index >= 15 is 0 Å². The van der Waals surface area contributed by atoms with Gasteiger partial charge in [-0.1, -0.05) is 11.3 Å². The van der Waals surface area contributed by atoms with Crippen molar-refractivity contribution in [1.29, 1.82) is 0 Å². The number of amides is 1. The van der Waals surface area contributed by atoms with Gasteiger partial charge in [-0.25, -0.2) is 4.98 Å². The second kappa shape index (κ2) is 7.97. The zero-order valence-corrected chi connectivity index (χ0v) is 16.0. The Morgan fingerprint density at radius 3 is 2.79 bits per heavy atom. The van der Waals surface area contributed by atoms with Crippen LogP contribution in [0.1, 0.15) is 15.9 Å². The Hall–Kier alpha value is -3.94. The Morgan fingerprint density at radius 1 is 1.07 bits per heavy atom. The zero-order chi connectivity index (χ0) is 20.2. The number of nitrogens with one attached hydrogen (secondary N) is 1. The summed E-state index contributed by atoms with van der Waals surface area (Å²) >= 11 is 0. The Kier molecular flexibility index (Phi) is 5.07. The number of hydrogen-bond acceptors (Lipinski definition) is 6. The van der Waals surface area contributed by atoms with Crippen LogP contribution in [0.4, 0.5) is 0 Å². The predicted octanol–water partition coefficient (Wildman–Crippen LogP) is 2.76. The summed E-state index contributed by atoms with van der Waals surface area (Å²) in [6.07, 6.45) is 1.68. The first-order chi connectivity index (χ1) is 14.2. The summed E-state index contributed by atoms with van der Waals surface area (Å²) in [5.41, 5.74) is 3.39. The normalized spacial score (nSPS) is 10.7. The Labute approximate surface area is 167 Å². The number of carbonyl (C=O) groups excluding carboxylic acids is 1. The molecule has 0 fully saturated rings. The molecule has 0 bridgehead atoms. The topological polar surface area (TPSA) is 91.2 Å². The highest BCUT2D eigenvalue weighted by Gasteiger charge is 2.12. The van der Waals surface area contributed by atoms with Crippen LogP contribution in [0, 0.1) is 0 Å². The van der Waals surface area contributed by atoms with Gasteiger partial charge < -0.3 is 14.8 Å². The molecular weight excluding hydrogens is 370 g/mol. The second-order valence-corrected chi connectivity index (χ2v) is 6.26. The molecule has 1 amide bonds. The number of aromatic nitrogens is 4. The van der Waals surface area contributed by atoms with Gasteiger partial charge in [-0.2, -0.15) is 4.68 Å². The average Bonchev–Trinajstić information content (AvgIpc) is 3.21. The van der Waals surface area contributed by atoms with E-state index in [-0.39, 0.29) is 5.91 Å². The molecule has 2 aromatic carbocycles. The van der Waals surface area contributed by atoms with E-state index in [2.05, 4.69) is 20.6 Å². The standard InChI is InChI=1S/C21H19N5O3/c1-28-17-9-8-15(19(12-17)29-2)13-23-21(27)14-5-3-6-16(11-14)26-20-18(24-25-26)7-4-10-22-20/h3-12H,13H2,1-2H3,(H,23,27). The van der Waals surface area contributed by atoms with Gasteiger partial charge in [-0.05, 0) is 42.5 Å². The molecule has 8 nitrogen and oxygen atoms in total. The van der Waals surface area contributed by atoms with E-state index in [1.165, 1.54) is 0 Å². The molecule has 4 rings (SSSR count). The summed E-state index contributed by atoms with van der Waals surface area (Å²) in [6.45, 7) is 0.323. The highest BCUT2D eigenvalue weighted by molar-refractivity contribution is 5.94. The van der Waals surface area contributed by atoms with E-state index < -0.39 is 0 Å². The van der Waals surface area contributed by atoms with Gasteiger partial charge in [0.2, 0.25) is 0 Å². The first-order valence-corrected chi connectivity index (χ1v) is 8.95. The molecule has 0 saturated heterocycles.